The predicted molar refractivity (Wildman–Crippen MR) is 97.1 cm³/mol. The Labute approximate surface area is 154 Å². The fourth-order valence-electron chi connectivity index (χ4n) is 1.70. The molecule has 0 fully saturated rings. The van der Waals surface area contributed by atoms with Gasteiger partial charge >= 0.3 is 18.2 Å². The second kappa shape index (κ2) is 9.98. The normalized spacial score (nSPS) is 13.6. The van der Waals surface area contributed by atoms with Crippen molar-refractivity contribution in [1.29, 1.82) is 0 Å². The quantitative estimate of drug-likeness (QED) is 0.499. The molecule has 0 bridgehead atoms. The standard InChI is InChI=1S/C17H31N3O6/c1-8-9-10-11(12(21)22)18-13(19-14(23)25-16(2,3)4)20-15(24)26-17(5,6)7/h11H,8-10H2,1-7H3,(H,21,22)(H2,18,19,20,23,24). The van der Waals surface area contributed by atoms with Crippen LogP contribution in [0.1, 0.15) is 67.7 Å². The van der Waals surface area contributed by atoms with Crippen LogP contribution in [-0.2, 0) is 14.3 Å². The smallest absolute Gasteiger partial charge is 0.437 e. The zero-order valence-corrected chi connectivity index (χ0v) is 16.6. The van der Waals surface area contributed by atoms with Gasteiger partial charge in [0.25, 0.3) is 0 Å². The molecular weight excluding hydrogens is 342 g/mol. The van der Waals surface area contributed by atoms with Gasteiger partial charge in [-0.25, -0.2) is 14.4 Å². The number of carboxylic acids is 1. The first-order valence-electron chi connectivity index (χ1n) is 8.54. The summed E-state index contributed by atoms with van der Waals surface area (Å²) in [4.78, 5) is 38.9. The van der Waals surface area contributed by atoms with Crippen molar-refractivity contribution in [2.24, 2.45) is 4.99 Å². The number of carbonyl (C=O) groups excluding carboxylic acids is 2. The summed E-state index contributed by atoms with van der Waals surface area (Å²) in [6.07, 6.45) is -0.0861. The zero-order chi connectivity index (χ0) is 20.5. The number of carboxylic acid groups (broad SMARTS) is 1. The maximum atomic E-state index is 11.9. The monoisotopic (exact) mass is 373 g/mol. The highest BCUT2D eigenvalue weighted by Gasteiger charge is 2.24. The molecule has 1 unspecified atom stereocenters. The minimum Gasteiger partial charge on any atom is -0.480 e. The lowest BCUT2D eigenvalue weighted by atomic mass is 10.1. The largest absolute Gasteiger partial charge is 0.480 e. The van der Waals surface area contributed by atoms with E-state index >= 15 is 0 Å². The third-order valence-electron chi connectivity index (χ3n) is 2.67. The summed E-state index contributed by atoms with van der Waals surface area (Å²) in [5.41, 5.74) is -1.55. The van der Waals surface area contributed by atoms with Crippen molar-refractivity contribution < 1.29 is 29.0 Å². The molecule has 0 aliphatic carbocycles. The summed E-state index contributed by atoms with van der Waals surface area (Å²) in [6, 6.07) is -1.02. The Morgan fingerprint density at radius 2 is 1.58 bits per heavy atom. The first-order chi connectivity index (χ1) is 11.7. The van der Waals surface area contributed by atoms with Crippen LogP contribution in [0.15, 0.2) is 4.99 Å². The molecule has 0 aromatic heterocycles. The Kier molecular flexibility index (Phi) is 9.09. The Bertz CT molecular complexity index is 532. The van der Waals surface area contributed by atoms with E-state index in [-0.39, 0.29) is 5.96 Å². The molecule has 2 amide bonds. The number of amides is 2. The number of rotatable bonds is 5. The number of guanidine groups is 1. The Morgan fingerprint density at radius 3 is 2.00 bits per heavy atom. The van der Waals surface area contributed by atoms with Crippen LogP contribution in [0.25, 0.3) is 0 Å². The average molecular weight is 373 g/mol. The summed E-state index contributed by atoms with van der Waals surface area (Å²) in [5.74, 6) is -1.46. The zero-order valence-electron chi connectivity index (χ0n) is 16.6. The van der Waals surface area contributed by atoms with Gasteiger partial charge in [-0.3, -0.25) is 5.32 Å². The Morgan fingerprint density at radius 1 is 1.04 bits per heavy atom. The summed E-state index contributed by atoms with van der Waals surface area (Å²) in [7, 11) is 0. The van der Waals surface area contributed by atoms with E-state index in [0.717, 1.165) is 6.42 Å². The maximum Gasteiger partial charge on any atom is 0.437 e. The summed E-state index contributed by atoms with van der Waals surface area (Å²) >= 11 is 0. The lowest BCUT2D eigenvalue weighted by Crippen LogP contribution is -2.50. The second-order valence-corrected chi connectivity index (χ2v) is 7.75. The van der Waals surface area contributed by atoms with Crippen LogP contribution >= 0.6 is 0 Å². The molecule has 0 aromatic carbocycles. The van der Waals surface area contributed by atoms with Gasteiger partial charge in [0.1, 0.15) is 17.2 Å². The van der Waals surface area contributed by atoms with Crippen LogP contribution in [0.4, 0.5) is 9.59 Å². The van der Waals surface area contributed by atoms with Crippen LogP contribution in [0.5, 0.6) is 0 Å². The molecule has 150 valence electrons. The number of carbonyl (C=O) groups is 3. The van der Waals surface area contributed by atoms with Crippen molar-refractivity contribution in [3.05, 3.63) is 0 Å². The summed E-state index contributed by atoms with van der Waals surface area (Å²) in [5, 5.41) is 14.1. The van der Waals surface area contributed by atoms with Crippen molar-refractivity contribution in [3.63, 3.8) is 0 Å². The van der Waals surface area contributed by atoms with Crippen molar-refractivity contribution in [1.82, 2.24) is 10.6 Å². The van der Waals surface area contributed by atoms with Crippen molar-refractivity contribution in [2.75, 3.05) is 0 Å². The van der Waals surface area contributed by atoms with E-state index in [1.165, 1.54) is 0 Å². The summed E-state index contributed by atoms with van der Waals surface area (Å²) in [6.45, 7) is 11.9. The van der Waals surface area contributed by atoms with Crippen molar-refractivity contribution >= 4 is 24.1 Å². The number of nitrogens with one attached hydrogen (secondary N) is 2. The van der Waals surface area contributed by atoms with Crippen molar-refractivity contribution in [3.8, 4) is 0 Å². The van der Waals surface area contributed by atoms with Crippen molar-refractivity contribution in [2.45, 2.75) is 85.0 Å². The van der Waals surface area contributed by atoms with E-state index in [1.54, 1.807) is 41.5 Å². The van der Waals surface area contributed by atoms with Crippen LogP contribution in [0.2, 0.25) is 0 Å². The number of ether oxygens (including phenoxy) is 2. The molecule has 0 aliphatic rings. The predicted octanol–water partition coefficient (Wildman–Crippen LogP) is 3.04. The van der Waals surface area contributed by atoms with E-state index in [2.05, 4.69) is 15.6 Å². The lowest BCUT2D eigenvalue weighted by molar-refractivity contribution is -0.139. The molecule has 0 saturated carbocycles. The molecule has 0 spiro atoms. The number of hydrogen-bond donors (Lipinski definition) is 3. The van der Waals surface area contributed by atoms with Gasteiger partial charge in [0.05, 0.1) is 0 Å². The molecule has 26 heavy (non-hydrogen) atoms. The molecule has 1 atom stereocenters. The van der Waals surface area contributed by atoms with E-state index in [4.69, 9.17) is 9.47 Å². The fraction of sp³-hybridized carbons (Fsp3) is 0.765. The average Bonchev–Trinajstić information content (AvgIpc) is 2.38. The molecule has 0 aromatic rings. The van der Waals surface area contributed by atoms with E-state index in [9.17, 15) is 19.5 Å². The lowest BCUT2D eigenvalue weighted by Gasteiger charge is -2.22. The third kappa shape index (κ3) is 12.1. The maximum absolute atomic E-state index is 11.9. The van der Waals surface area contributed by atoms with E-state index in [1.807, 2.05) is 6.92 Å². The first-order valence-corrected chi connectivity index (χ1v) is 8.54. The van der Waals surface area contributed by atoms with Gasteiger partial charge in [0, 0.05) is 0 Å². The van der Waals surface area contributed by atoms with Gasteiger partial charge < -0.3 is 19.9 Å². The number of nitrogens with zero attached hydrogens (tertiary/aromatic N) is 1. The SMILES string of the molecule is CCCCC(NC(=NC(=O)OC(C)(C)C)NC(=O)OC(C)(C)C)C(=O)O. The van der Waals surface area contributed by atoms with Crippen LogP contribution in [0, 0.1) is 0 Å². The van der Waals surface area contributed by atoms with Gasteiger partial charge in [0.15, 0.2) is 0 Å². The third-order valence-corrected chi connectivity index (χ3v) is 2.67. The fourth-order valence-corrected chi connectivity index (χ4v) is 1.70. The van der Waals surface area contributed by atoms with Crippen LogP contribution < -0.4 is 10.6 Å². The highest BCUT2D eigenvalue weighted by atomic mass is 16.6. The number of hydrogen-bond acceptors (Lipinski definition) is 5. The number of aliphatic carboxylic acids is 1. The number of aliphatic imine (C=N–C) groups is 1. The summed E-state index contributed by atoms with van der Waals surface area (Å²) < 4.78 is 10.2. The number of alkyl carbamates (subject to hydrolysis) is 1. The highest BCUT2D eigenvalue weighted by molar-refractivity contribution is 6.00. The molecular formula is C17H31N3O6. The highest BCUT2D eigenvalue weighted by Crippen LogP contribution is 2.09. The van der Waals surface area contributed by atoms with Crippen LogP contribution in [-0.4, -0.2) is 46.5 Å². The van der Waals surface area contributed by atoms with Gasteiger partial charge in [-0.2, -0.15) is 0 Å². The van der Waals surface area contributed by atoms with Gasteiger partial charge in [-0.1, -0.05) is 19.8 Å². The molecule has 0 aliphatic heterocycles. The number of unbranched alkanes of at least 4 members (excludes halogenated alkanes) is 1. The Hall–Kier alpha value is -2.32. The van der Waals surface area contributed by atoms with Gasteiger partial charge in [-0.15, -0.1) is 4.99 Å². The minimum atomic E-state index is -1.12. The molecule has 0 rings (SSSR count). The molecule has 0 saturated heterocycles. The van der Waals surface area contributed by atoms with E-state index in [0.29, 0.717) is 12.8 Å². The minimum absolute atomic E-state index is 0.301. The molecule has 0 radical (unpaired) electrons. The topological polar surface area (TPSA) is 126 Å². The van der Waals surface area contributed by atoms with Gasteiger partial charge in [0.2, 0.25) is 5.96 Å². The second-order valence-electron chi connectivity index (χ2n) is 7.75. The first kappa shape index (κ1) is 23.7. The molecule has 0 heterocycles. The molecule has 9 heteroatoms. The molecule has 3 N–H and O–H groups in total. The van der Waals surface area contributed by atoms with Gasteiger partial charge in [-0.05, 0) is 48.0 Å². The molecule has 9 nitrogen and oxygen atoms in total. The van der Waals surface area contributed by atoms with Crippen LogP contribution in [0.3, 0.4) is 0 Å². The Balaban J connectivity index is 5.34. The van der Waals surface area contributed by atoms with E-state index < -0.39 is 35.4 Å².